The Labute approximate surface area is 103 Å². The second-order valence-corrected chi connectivity index (χ2v) is 5.01. The van der Waals surface area contributed by atoms with E-state index in [1.165, 1.54) is 25.9 Å². The molecule has 1 aliphatic heterocycles. The number of nitrogens with zero attached hydrogens (tertiary/aromatic N) is 1. The van der Waals surface area contributed by atoms with Crippen LogP contribution in [0.15, 0.2) is 24.3 Å². The summed E-state index contributed by atoms with van der Waals surface area (Å²) in [5, 5.41) is 13.1. The van der Waals surface area contributed by atoms with E-state index in [1.807, 2.05) is 18.2 Å². The van der Waals surface area contributed by atoms with Gasteiger partial charge >= 0.3 is 0 Å². The van der Waals surface area contributed by atoms with Crippen molar-refractivity contribution in [3.8, 4) is 5.75 Å². The first-order valence-corrected chi connectivity index (χ1v) is 6.42. The summed E-state index contributed by atoms with van der Waals surface area (Å²) < 4.78 is 0. The van der Waals surface area contributed by atoms with Gasteiger partial charge in [0.15, 0.2) is 0 Å². The third-order valence-electron chi connectivity index (χ3n) is 3.58. The first kappa shape index (κ1) is 12.4. The number of piperidine rings is 1. The number of nitrogens with one attached hydrogen (secondary N) is 1. The van der Waals surface area contributed by atoms with Crippen LogP contribution in [0.4, 0.5) is 0 Å². The van der Waals surface area contributed by atoms with Gasteiger partial charge in [0.2, 0.25) is 0 Å². The fourth-order valence-electron chi connectivity index (χ4n) is 2.34. The van der Waals surface area contributed by atoms with Crippen LogP contribution in [0.25, 0.3) is 0 Å². The van der Waals surface area contributed by atoms with Crippen molar-refractivity contribution in [3.63, 3.8) is 0 Å². The highest BCUT2D eigenvalue weighted by Gasteiger charge is 2.15. The number of benzene rings is 1. The summed E-state index contributed by atoms with van der Waals surface area (Å²) >= 11 is 0. The summed E-state index contributed by atoms with van der Waals surface area (Å²) in [5.74, 6) is 1.18. The van der Waals surface area contributed by atoms with Gasteiger partial charge in [-0.2, -0.15) is 0 Å². The molecule has 94 valence electrons. The highest BCUT2D eigenvalue weighted by atomic mass is 16.3. The summed E-state index contributed by atoms with van der Waals surface area (Å²) in [6.07, 6.45) is 2.56. The molecular weight excluding hydrogens is 212 g/mol. The van der Waals surface area contributed by atoms with Crippen molar-refractivity contribution >= 4 is 0 Å². The lowest BCUT2D eigenvalue weighted by atomic mass is 9.97. The van der Waals surface area contributed by atoms with E-state index in [-0.39, 0.29) is 0 Å². The monoisotopic (exact) mass is 234 g/mol. The van der Waals surface area contributed by atoms with Crippen molar-refractivity contribution in [2.24, 2.45) is 5.92 Å². The van der Waals surface area contributed by atoms with Crippen LogP contribution >= 0.6 is 0 Å². The first-order chi connectivity index (χ1) is 8.25. The highest BCUT2D eigenvalue weighted by Crippen LogP contribution is 2.17. The van der Waals surface area contributed by atoms with Gasteiger partial charge in [-0.25, -0.2) is 0 Å². The van der Waals surface area contributed by atoms with Crippen LogP contribution in [-0.2, 0) is 6.54 Å². The molecule has 0 bridgehead atoms. The second kappa shape index (κ2) is 6.03. The van der Waals surface area contributed by atoms with E-state index in [4.69, 9.17) is 0 Å². The molecule has 0 unspecified atom stereocenters. The Morgan fingerprint density at radius 1 is 1.29 bits per heavy atom. The Morgan fingerprint density at radius 3 is 2.71 bits per heavy atom. The fraction of sp³-hybridized carbons (Fsp3) is 0.571. The number of hydrogen-bond donors (Lipinski definition) is 2. The lowest BCUT2D eigenvalue weighted by molar-refractivity contribution is 0.216. The molecule has 0 aliphatic carbocycles. The van der Waals surface area contributed by atoms with Gasteiger partial charge < -0.3 is 15.3 Å². The highest BCUT2D eigenvalue weighted by molar-refractivity contribution is 5.31. The lowest BCUT2D eigenvalue weighted by Gasteiger charge is -2.29. The molecular formula is C14H22N2O. The van der Waals surface area contributed by atoms with Crippen LogP contribution < -0.4 is 5.32 Å². The molecule has 1 aliphatic rings. The Hall–Kier alpha value is -1.06. The number of rotatable bonds is 4. The van der Waals surface area contributed by atoms with Crippen molar-refractivity contribution in [1.82, 2.24) is 10.2 Å². The zero-order chi connectivity index (χ0) is 12.1. The molecule has 0 atom stereocenters. The molecule has 17 heavy (non-hydrogen) atoms. The zero-order valence-corrected chi connectivity index (χ0v) is 10.5. The summed E-state index contributed by atoms with van der Waals surface area (Å²) in [5.41, 5.74) is 0.987. The molecule has 0 aromatic heterocycles. The fourth-order valence-corrected chi connectivity index (χ4v) is 2.34. The molecule has 1 aromatic rings. The van der Waals surface area contributed by atoms with Gasteiger partial charge in [0.25, 0.3) is 0 Å². The molecule has 3 nitrogen and oxygen atoms in total. The zero-order valence-electron chi connectivity index (χ0n) is 10.5. The topological polar surface area (TPSA) is 35.5 Å². The minimum atomic E-state index is 0.392. The average Bonchev–Trinajstić information content (AvgIpc) is 2.34. The largest absolute Gasteiger partial charge is 0.508 e. The second-order valence-electron chi connectivity index (χ2n) is 5.01. The predicted octanol–water partition coefficient (Wildman–Crippen LogP) is 1.82. The quantitative estimate of drug-likeness (QED) is 0.834. The molecule has 1 heterocycles. The molecule has 2 N–H and O–H groups in total. The summed E-state index contributed by atoms with van der Waals surface area (Å²) in [4.78, 5) is 2.39. The molecule has 0 amide bonds. The van der Waals surface area contributed by atoms with Crippen molar-refractivity contribution in [1.29, 1.82) is 0 Å². The Bertz CT molecular complexity index is 346. The number of aromatic hydroxyl groups is 1. The van der Waals surface area contributed by atoms with Crippen LogP contribution in [-0.4, -0.2) is 36.7 Å². The smallest absolute Gasteiger partial charge is 0.120 e. The van der Waals surface area contributed by atoms with E-state index >= 15 is 0 Å². The number of likely N-dealkylation sites (tertiary alicyclic amines) is 1. The maximum absolute atomic E-state index is 9.64. The molecule has 0 radical (unpaired) electrons. The third-order valence-corrected chi connectivity index (χ3v) is 3.58. The summed E-state index contributed by atoms with van der Waals surface area (Å²) in [6, 6.07) is 7.53. The van der Waals surface area contributed by atoms with Crippen LogP contribution in [0.2, 0.25) is 0 Å². The van der Waals surface area contributed by atoms with E-state index in [0.717, 1.165) is 24.6 Å². The van der Waals surface area contributed by atoms with Gasteiger partial charge in [0.05, 0.1) is 0 Å². The summed E-state index contributed by atoms with van der Waals surface area (Å²) in [6.45, 7) is 4.24. The maximum atomic E-state index is 9.64. The van der Waals surface area contributed by atoms with Gasteiger partial charge in [0.1, 0.15) is 5.75 Å². The van der Waals surface area contributed by atoms with Crippen molar-refractivity contribution in [2.75, 3.05) is 26.7 Å². The number of hydrogen-bond acceptors (Lipinski definition) is 3. The number of phenols is 1. The minimum absolute atomic E-state index is 0.392. The Morgan fingerprint density at radius 2 is 2.00 bits per heavy atom. The van der Waals surface area contributed by atoms with Gasteiger partial charge in [-0.3, -0.25) is 0 Å². The molecule has 1 saturated heterocycles. The van der Waals surface area contributed by atoms with Crippen molar-refractivity contribution < 1.29 is 5.11 Å². The van der Waals surface area contributed by atoms with Crippen LogP contribution in [0.5, 0.6) is 5.75 Å². The Balaban J connectivity index is 1.71. The molecule has 3 heteroatoms. The molecule has 1 aromatic carbocycles. The van der Waals surface area contributed by atoms with Gasteiger partial charge in [-0.15, -0.1) is 0 Å². The molecule has 0 spiro atoms. The first-order valence-electron chi connectivity index (χ1n) is 6.42. The lowest BCUT2D eigenvalue weighted by Crippen LogP contribution is -2.34. The Kier molecular flexibility index (Phi) is 4.40. The van der Waals surface area contributed by atoms with Crippen molar-refractivity contribution in [2.45, 2.75) is 19.4 Å². The standard InChI is InChI=1S/C14H22N2O/c1-16-8-6-12(7-9-16)10-15-11-13-4-2-3-5-14(13)17/h2-5,12,15,17H,6-11H2,1H3. The van der Waals surface area contributed by atoms with Gasteiger partial charge in [-0.1, -0.05) is 18.2 Å². The van der Waals surface area contributed by atoms with Crippen LogP contribution in [0, 0.1) is 5.92 Å². The van der Waals surface area contributed by atoms with Gasteiger partial charge in [-0.05, 0) is 51.5 Å². The molecule has 0 saturated carbocycles. The van der Waals surface area contributed by atoms with E-state index in [2.05, 4.69) is 17.3 Å². The van der Waals surface area contributed by atoms with E-state index in [0.29, 0.717) is 5.75 Å². The third kappa shape index (κ3) is 3.72. The summed E-state index contributed by atoms with van der Waals surface area (Å²) in [7, 11) is 2.19. The predicted molar refractivity (Wildman–Crippen MR) is 70.0 cm³/mol. The van der Waals surface area contributed by atoms with Gasteiger partial charge in [0, 0.05) is 12.1 Å². The maximum Gasteiger partial charge on any atom is 0.120 e. The minimum Gasteiger partial charge on any atom is -0.508 e. The average molecular weight is 234 g/mol. The van der Waals surface area contributed by atoms with E-state index < -0.39 is 0 Å². The van der Waals surface area contributed by atoms with Crippen LogP contribution in [0.1, 0.15) is 18.4 Å². The van der Waals surface area contributed by atoms with E-state index in [9.17, 15) is 5.11 Å². The number of para-hydroxylation sites is 1. The van der Waals surface area contributed by atoms with Crippen molar-refractivity contribution in [3.05, 3.63) is 29.8 Å². The normalized spacial score (nSPS) is 18.4. The molecule has 1 fully saturated rings. The van der Waals surface area contributed by atoms with Crippen LogP contribution in [0.3, 0.4) is 0 Å². The molecule has 2 rings (SSSR count). The SMILES string of the molecule is CN1CCC(CNCc2ccccc2O)CC1. The number of phenolic OH excluding ortho intramolecular Hbond substituents is 1. The van der Waals surface area contributed by atoms with E-state index in [1.54, 1.807) is 6.07 Å².